The summed E-state index contributed by atoms with van der Waals surface area (Å²) in [5.41, 5.74) is 3.42. The van der Waals surface area contributed by atoms with Gasteiger partial charge < -0.3 is 5.32 Å². The van der Waals surface area contributed by atoms with Gasteiger partial charge in [-0.1, -0.05) is 30.3 Å². The van der Waals surface area contributed by atoms with Crippen molar-refractivity contribution < 1.29 is 13.2 Å². The van der Waals surface area contributed by atoms with E-state index in [0.717, 1.165) is 18.4 Å². The van der Waals surface area contributed by atoms with E-state index in [1.54, 1.807) is 18.2 Å². The molecule has 0 bridgehead atoms. The average molecular weight is 372 g/mol. The van der Waals surface area contributed by atoms with Crippen LogP contribution in [0.5, 0.6) is 0 Å². The van der Waals surface area contributed by atoms with Crippen molar-refractivity contribution in [1.29, 1.82) is 0 Å². The molecule has 5 nitrogen and oxygen atoms in total. The zero-order chi connectivity index (χ0) is 18.7. The lowest BCUT2D eigenvalue weighted by Crippen LogP contribution is -2.33. The topological polar surface area (TPSA) is 66.5 Å². The summed E-state index contributed by atoms with van der Waals surface area (Å²) in [4.78, 5) is 12.5. The molecule has 0 radical (unpaired) electrons. The standard InChI is InChI=1S/C20H24N2O3S/c1-15(8-9-16-6-4-3-5-7-16)21-20(23)18-10-11-19-17(14-18)12-13-22(19)26(2,24)25/h3-7,10-11,14-15H,8-9,12-13H2,1-2H3,(H,21,23)/t15-/m0/s1. The van der Waals surface area contributed by atoms with Crippen molar-refractivity contribution >= 4 is 21.6 Å². The van der Waals surface area contributed by atoms with Gasteiger partial charge >= 0.3 is 0 Å². The van der Waals surface area contributed by atoms with Crippen LogP contribution in [0.1, 0.15) is 34.8 Å². The smallest absolute Gasteiger partial charge is 0.251 e. The molecule has 1 aliphatic heterocycles. The summed E-state index contributed by atoms with van der Waals surface area (Å²) >= 11 is 0. The minimum atomic E-state index is -3.27. The Bertz CT molecular complexity index is 895. The molecule has 26 heavy (non-hydrogen) atoms. The third kappa shape index (κ3) is 4.25. The van der Waals surface area contributed by atoms with Crippen LogP contribution in [0.2, 0.25) is 0 Å². The molecule has 0 fully saturated rings. The summed E-state index contributed by atoms with van der Waals surface area (Å²) in [5.74, 6) is -0.119. The maximum absolute atomic E-state index is 12.5. The number of hydrogen-bond donors (Lipinski definition) is 1. The summed E-state index contributed by atoms with van der Waals surface area (Å²) in [6.45, 7) is 2.44. The first-order valence-corrected chi connectivity index (χ1v) is 10.6. The van der Waals surface area contributed by atoms with Crippen LogP contribution < -0.4 is 9.62 Å². The van der Waals surface area contributed by atoms with E-state index in [2.05, 4.69) is 17.4 Å². The molecule has 138 valence electrons. The zero-order valence-electron chi connectivity index (χ0n) is 15.1. The van der Waals surface area contributed by atoms with Crippen molar-refractivity contribution in [3.8, 4) is 0 Å². The Labute approximate surface area is 155 Å². The van der Waals surface area contributed by atoms with E-state index < -0.39 is 10.0 Å². The SMILES string of the molecule is C[C@@H](CCc1ccccc1)NC(=O)c1ccc2c(c1)CCN2S(C)(=O)=O. The molecule has 0 saturated heterocycles. The van der Waals surface area contributed by atoms with Crippen LogP contribution in [0.25, 0.3) is 0 Å². The quantitative estimate of drug-likeness (QED) is 0.848. The average Bonchev–Trinajstić information content (AvgIpc) is 3.04. The Morgan fingerprint density at radius 2 is 1.92 bits per heavy atom. The molecular weight excluding hydrogens is 348 g/mol. The second-order valence-electron chi connectivity index (χ2n) is 6.83. The number of carbonyl (C=O) groups excluding carboxylic acids is 1. The van der Waals surface area contributed by atoms with Gasteiger partial charge in [0.1, 0.15) is 0 Å². The molecule has 1 atom stereocenters. The number of carbonyl (C=O) groups is 1. The maximum Gasteiger partial charge on any atom is 0.251 e. The van der Waals surface area contributed by atoms with Gasteiger partial charge in [-0.05, 0) is 55.5 Å². The normalized spacial score (nSPS) is 14.8. The number of rotatable bonds is 6. The Morgan fingerprint density at radius 1 is 1.19 bits per heavy atom. The fourth-order valence-corrected chi connectivity index (χ4v) is 4.22. The van der Waals surface area contributed by atoms with Crippen molar-refractivity contribution in [1.82, 2.24) is 5.32 Å². The van der Waals surface area contributed by atoms with Crippen LogP contribution in [0.4, 0.5) is 5.69 Å². The van der Waals surface area contributed by atoms with E-state index in [9.17, 15) is 13.2 Å². The van der Waals surface area contributed by atoms with Gasteiger partial charge in [-0.15, -0.1) is 0 Å². The predicted molar refractivity (Wildman–Crippen MR) is 104 cm³/mol. The van der Waals surface area contributed by atoms with Gasteiger partial charge in [0.15, 0.2) is 0 Å². The second-order valence-corrected chi connectivity index (χ2v) is 8.73. The Morgan fingerprint density at radius 3 is 2.62 bits per heavy atom. The first kappa shape index (κ1) is 18.5. The highest BCUT2D eigenvalue weighted by molar-refractivity contribution is 7.92. The van der Waals surface area contributed by atoms with E-state index >= 15 is 0 Å². The van der Waals surface area contributed by atoms with Crippen molar-refractivity contribution in [3.05, 3.63) is 65.2 Å². The maximum atomic E-state index is 12.5. The summed E-state index contributed by atoms with van der Waals surface area (Å²) < 4.78 is 25.0. The van der Waals surface area contributed by atoms with Crippen LogP contribution in [0, 0.1) is 0 Å². The van der Waals surface area contributed by atoms with Crippen LogP contribution in [-0.2, 0) is 22.9 Å². The number of anilines is 1. The number of nitrogens with one attached hydrogen (secondary N) is 1. The monoisotopic (exact) mass is 372 g/mol. The number of fused-ring (bicyclic) bond motifs is 1. The van der Waals surface area contributed by atoms with Crippen molar-refractivity contribution in [3.63, 3.8) is 0 Å². The van der Waals surface area contributed by atoms with E-state index in [0.29, 0.717) is 24.2 Å². The molecule has 1 N–H and O–H groups in total. The molecule has 0 aliphatic carbocycles. The molecule has 6 heteroatoms. The molecule has 1 aliphatic rings. The van der Waals surface area contributed by atoms with E-state index in [1.165, 1.54) is 16.1 Å². The largest absolute Gasteiger partial charge is 0.350 e. The highest BCUT2D eigenvalue weighted by atomic mass is 32.2. The molecular formula is C20H24N2O3S. The van der Waals surface area contributed by atoms with Crippen LogP contribution in [0.15, 0.2) is 48.5 Å². The number of benzene rings is 2. The molecule has 1 heterocycles. The minimum absolute atomic E-state index is 0.0588. The molecule has 3 rings (SSSR count). The molecule has 0 unspecified atom stereocenters. The van der Waals surface area contributed by atoms with Gasteiger partial charge in [0.25, 0.3) is 5.91 Å². The number of hydrogen-bond acceptors (Lipinski definition) is 3. The van der Waals surface area contributed by atoms with Gasteiger partial charge in [-0.2, -0.15) is 0 Å². The van der Waals surface area contributed by atoms with Crippen LogP contribution in [-0.4, -0.2) is 33.2 Å². The molecule has 0 aromatic heterocycles. The highest BCUT2D eigenvalue weighted by Crippen LogP contribution is 2.30. The molecule has 1 amide bonds. The molecule has 2 aromatic rings. The Kier molecular flexibility index (Phi) is 5.32. The van der Waals surface area contributed by atoms with Gasteiger partial charge in [0, 0.05) is 18.2 Å². The summed E-state index contributed by atoms with van der Waals surface area (Å²) in [5, 5.41) is 3.03. The van der Waals surface area contributed by atoms with E-state index in [1.807, 2.05) is 25.1 Å². The van der Waals surface area contributed by atoms with Crippen molar-refractivity contribution in [2.75, 3.05) is 17.1 Å². The summed E-state index contributed by atoms with van der Waals surface area (Å²) in [6, 6.07) is 15.5. The van der Waals surface area contributed by atoms with E-state index in [4.69, 9.17) is 0 Å². The minimum Gasteiger partial charge on any atom is -0.350 e. The van der Waals surface area contributed by atoms with Crippen molar-refractivity contribution in [2.24, 2.45) is 0 Å². The first-order valence-electron chi connectivity index (χ1n) is 8.80. The third-order valence-corrected chi connectivity index (χ3v) is 5.86. The van der Waals surface area contributed by atoms with Crippen LogP contribution >= 0.6 is 0 Å². The summed E-state index contributed by atoms with van der Waals surface area (Å²) in [7, 11) is -3.27. The Hall–Kier alpha value is -2.34. The summed E-state index contributed by atoms with van der Waals surface area (Å²) in [6.07, 6.45) is 3.61. The van der Waals surface area contributed by atoms with E-state index in [-0.39, 0.29) is 11.9 Å². The van der Waals surface area contributed by atoms with Gasteiger partial charge in [0.05, 0.1) is 11.9 Å². The molecule has 0 spiro atoms. The second kappa shape index (κ2) is 7.50. The highest BCUT2D eigenvalue weighted by Gasteiger charge is 2.26. The third-order valence-electron chi connectivity index (χ3n) is 4.68. The van der Waals surface area contributed by atoms with Crippen molar-refractivity contribution in [2.45, 2.75) is 32.2 Å². The number of nitrogens with zero attached hydrogens (tertiary/aromatic N) is 1. The number of sulfonamides is 1. The van der Waals surface area contributed by atoms with Crippen LogP contribution in [0.3, 0.4) is 0 Å². The lowest BCUT2D eigenvalue weighted by atomic mass is 10.0. The lowest BCUT2D eigenvalue weighted by molar-refractivity contribution is 0.0938. The van der Waals surface area contributed by atoms with Gasteiger partial charge in [-0.25, -0.2) is 8.42 Å². The fourth-order valence-electron chi connectivity index (χ4n) is 3.26. The number of amides is 1. The first-order chi connectivity index (χ1) is 12.3. The Balaban J connectivity index is 1.62. The molecule has 0 saturated carbocycles. The zero-order valence-corrected chi connectivity index (χ0v) is 15.9. The fraction of sp³-hybridized carbons (Fsp3) is 0.350. The predicted octanol–water partition coefficient (Wildman–Crippen LogP) is 2.76. The number of aryl methyl sites for hydroxylation is 1. The lowest BCUT2D eigenvalue weighted by Gasteiger charge is -2.17. The molecule has 2 aromatic carbocycles. The van der Waals surface area contributed by atoms with Gasteiger partial charge in [0.2, 0.25) is 10.0 Å². The van der Waals surface area contributed by atoms with Gasteiger partial charge in [-0.3, -0.25) is 9.10 Å².